The maximum atomic E-state index is 14.2. The van der Waals surface area contributed by atoms with Crippen molar-refractivity contribution in [1.82, 2.24) is 9.13 Å². The minimum Gasteiger partial charge on any atom is -0.490 e. The van der Waals surface area contributed by atoms with Crippen LogP contribution in [-0.2, 0) is 16.1 Å². The van der Waals surface area contributed by atoms with Crippen molar-refractivity contribution < 1.29 is 23.7 Å². The first-order valence-electron chi connectivity index (χ1n) is 15.9. The van der Waals surface area contributed by atoms with Crippen LogP contribution in [0.2, 0.25) is 5.02 Å². The number of esters is 1. The van der Waals surface area contributed by atoms with Gasteiger partial charge >= 0.3 is 5.97 Å². The summed E-state index contributed by atoms with van der Waals surface area (Å²) in [6, 6.07) is 22.2. The molecule has 0 amide bonds. The fourth-order valence-electron chi connectivity index (χ4n) is 5.93. The van der Waals surface area contributed by atoms with Gasteiger partial charge in [-0.2, -0.15) is 0 Å². The lowest BCUT2D eigenvalue weighted by Crippen LogP contribution is -2.39. The predicted octanol–water partition coefficient (Wildman–Crippen LogP) is 6.46. The summed E-state index contributed by atoms with van der Waals surface area (Å²) in [4.78, 5) is 32.1. The quantitative estimate of drug-likeness (QED) is 0.147. The summed E-state index contributed by atoms with van der Waals surface area (Å²) in [7, 11) is 1.31. The molecule has 3 aromatic carbocycles. The van der Waals surface area contributed by atoms with E-state index in [0.29, 0.717) is 51.2 Å². The number of hydrogen-bond acceptors (Lipinski definition) is 8. The average molecular weight is 698 g/mol. The number of nitrogens with zero attached hydrogens (tertiary/aromatic N) is 3. The van der Waals surface area contributed by atoms with Gasteiger partial charge in [0.25, 0.3) is 5.56 Å². The highest BCUT2D eigenvalue weighted by Gasteiger charge is 2.31. The molecule has 9 nitrogen and oxygen atoms in total. The van der Waals surface area contributed by atoms with E-state index >= 15 is 0 Å². The molecular weight excluding hydrogens is 662 g/mol. The van der Waals surface area contributed by atoms with E-state index < -0.39 is 12.0 Å². The van der Waals surface area contributed by atoms with Crippen molar-refractivity contribution in [2.24, 2.45) is 4.99 Å². The topological polar surface area (TPSA) is 93.3 Å². The van der Waals surface area contributed by atoms with Gasteiger partial charge in [-0.1, -0.05) is 47.2 Å². The molecule has 2 aromatic heterocycles. The zero-order chi connectivity index (χ0) is 34.7. The Hall–Kier alpha value is -5.06. The van der Waals surface area contributed by atoms with Crippen molar-refractivity contribution >= 4 is 35.0 Å². The van der Waals surface area contributed by atoms with Crippen molar-refractivity contribution in [2.45, 2.75) is 40.3 Å². The lowest BCUT2D eigenvalue weighted by molar-refractivity contribution is -0.136. The molecule has 1 aliphatic heterocycles. The van der Waals surface area contributed by atoms with E-state index in [0.717, 1.165) is 34.0 Å². The summed E-state index contributed by atoms with van der Waals surface area (Å²) >= 11 is 7.55. The molecule has 11 heteroatoms. The Morgan fingerprint density at radius 1 is 0.959 bits per heavy atom. The molecule has 5 aromatic rings. The number of fused-ring (bicyclic) bond motifs is 1. The predicted molar refractivity (Wildman–Crippen MR) is 191 cm³/mol. The van der Waals surface area contributed by atoms with Crippen LogP contribution >= 0.6 is 22.9 Å². The largest absolute Gasteiger partial charge is 0.490 e. The maximum Gasteiger partial charge on any atom is 0.337 e. The Morgan fingerprint density at radius 3 is 2.41 bits per heavy atom. The Balaban J connectivity index is 1.35. The lowest BCUT2D eigenvalue weighted by Gasteiger charge is -2.23. The van der Waals surface area contributed by atoms with Crippen molar-refractivity contribution in [2.75, 3.05) is 20.3 Å². The van der Waals surface area contributed by atoms with Gasteiger partial charge < -0.3 is 23.5 Å². The molecule has 0 unspecified atom stereocenters. The van der Waals surface area contributed by atoms with Gasteiger partial charge in [-0.25, -0.2) is 9.79 Å². The van der Waals surface area contributed by atoms with Gasteiger partial charge in [-0.05, 0) is 93.4 Å². The number of carbonyl (C=O) groups excluding carboxylic acids is 1. The average Bonchev–Trinajstić information content (AvgIpc) is 3.58. The summed E-state index contributed by atoms with van der Waals surface area (Å²) in [5.41, 5.74) is 5.39. The van der Waals surface area contributed by atoms with Gasteiger partial charge in [0.1, 0.15) is 12.4 Å². The van der Waals surface area contributed by atoms with Gasteiger partial charge in [0.2, 0.25) is 0 Å². The van der Waals surface area contributed by atoms with Crippen molar-refractivity contribution in [3.8, 4) is 22.9 Å². The zero-order valence-corrected chi connectivity index (χ0v) is 29.4. The summed E-state index contributed by atoms with van der Waals surface area (Å²) in [6.07, 6.45) is 3.36. The molecule has 6 rings (SSSR count). The van der Waals surface area contributed by atoms with Crippen LogP contribution in [0.25, 0.3) is 11.8 Å². The van der Waals surface area contributed by atoms with Crippen LogP contribution in [0.3, 0.4) is 0 Å². The van der Waals surface area contributed by atoms with E-state index in [9.17, 15) is 9.59 Å². The standard InChI is InChI=1S/C38H36ClN3O6S/c1-6-46-32-17-12-25(19-33(32)47-7-2)35-30(37(44)45-5)21-40-38-42(35)36(43)34(49-38)20-27-18-23(3)41(24(27)4)28-13-15-29(16-14-28)48-22-26-10-8-9-11-31(26)39/h8-21,35H,6-7,22H2,1-5H3/b34-20+/t35-/m1/s1. The third kappa shape index (κ3) is 6.79. The van der Waals surface area contributed by atoms with Crippen LogP contribution in [0, 0.1) is 13.8 Å². The molecule has 49 heavy (non-hydrogen) atoms. The number of hydrogen-bond donors (Lipinski definition) is 0. The van der Waals surface area contributed by atoms with Gasteiger partial charge in [0, 0.05) is 33.9 Å². The van der Waals surface area contributed by atoms with Crippen LogP contribution in [0.4, 0.5) is 0 Å². The molecule has 1 atom stereocenters. The van der Waals surface area contributed by atoms with Crippen molar-refractivity contribution in [3.63, 3.8) is 0 Å². The molecule has 0 bridgehead atoms. The first-order valence-corrected chi connectivity index (χ1v) is 17.1. The van der Waals surface area contributed by atoms with E-state index in [4.69, 9.17) is 30.5 Å². The van der Waals surface area contributed by atoms with E-state index in [1.54, 1.807) is 16.7 Å². The molecule has 0 saturated carbocycles. The maximum absolute atomic E-state index is 14.2. The van der Waals surface area contributed by atoms with Crippen LogP contribution in [-0.4, -0.2) is 35.4 Å². The van der Waals surface area contributed by atoms with Gasteiger partial charge in [0.05, 0.1) is 36.5 Å². The summed E-state index contributed by atoms with van der Waals surface area (Å²) < 4.78 is 26.9. The minimum atomic E-state index is -0.771. The monoisotopic (exact) mass is 697 g/mol. The molecular formula is C38H36ClN3O6S. The Morgan fingerprint density at radius 2 is 1.69 bits per heavy atom. The molecule has 0 saturated heterocycles. The highest BCUT2D eigenvalue weighted by Crippen LogP contribution is 2.35. The summed E-state index contributed by atoms with van der Waals surface area (Å²) in [5.74, 6) is 1.27. The van der Waals surface area contributed by atoms with Gasteiger partial charge in [0.15, 0.2) is 16.3 Å². The van der Waals surface area contributed by atoms with E-state index in [1.807, 2.05) is 94.4 Å². The number of methoxy groups -OCH3 is 1. The Bertz CT molecular complexity index is 2230. The Labute approximate surface area is 292 Å². The molecule has 0 spiro atoms. The van der Waals surface area contributed by atoms with Crippen LogP contribution in [0.1, 0.15) is 48.0 Å². The molecule has 252 valence electrons. The lowest BCUT2D eigenvalue weighted by atomic mass is 9.97. The number of aryl methyl sites for hydroxylation is 1. The third-order valence-electron chi connectivity index (χ3n) is 8.21. The SMILES string of the molecule is CCOc1ccc([C@@H]2C(C(=O)OC)=CN=c3s/c(=C/c4cc(C)n(-c5ccc(OCc6ccccc6Cl)cc5)c4C)c(=O)n32)cc1OCC. The number of aromatic nitrogens is 2. The fourth-order valence-corrected chi connectivity index (χ4v) is 7.08. The second-order valence-electron chi connectivity index (χ2n) is 11.3. The summed E-state index contributed by atoms with van der Waals surface area (Å²) in [6.45, 7) is 9.08. The number of halogens is 1. The normalized spacial score (nSPS) is 14.1. The van der Waals surface area contributed by atoms with Crippen molar-refractivity contribution in [3.05, 3.63) is 137 Å². The van der Waals surface area contributed by atoms with E-state index in [1.165, 1.54) is 24.6 Å². The third-order valence-corrected chi connectivity index (χ3v) is 9.58. The fraction of sp³-hybridized carbons (Fsp3) is 0.237. The van der Waals surface area contributed by atoms with Crippen LogP contribution in [0.5, 0.6) is 17.2 Å². The minimum absolute atomic E-state index is 0.241. The highest BCUT2D eigenvalue weighted by atomic mass is 35.5. The number of thiazole rings is 1. The van der Waals surface area contributed by atoms with E-state index in [2.05, 4.69) is 9.56 Å². The Kier molecular flexibility index (Phi) is 10.1. The smallest absolute Gasteiger partial charge is 0.337 e. The number of benzene rings is 3. The molecule has 3 heterocycles. The number of rotatable bonds is 11. The number of carbonyl (C=O) groups is 1. The molecule has 0 fully saturated rings. The van der Waals surface area contributed by atoms with Crippen molar-refractivity contribution in [1.29, 1.82) is 0 Å². The zero-order valence-electron chi connectivity index (χ0n) is 27.9. The molecule has 0 N–H and O–H groups in total. The highest BCUT2D eigenvalue weighted by molar-refractivity contribution is 7.07. The molecule has 1 aliphatic rings. The van der Waals surface area contributed by atoms with Crippen LogP contribution < -0.4 is 29.1 Å². The van der Waals surface area contributed by atoms with Gasteiger partial charge in [-0.15, -0.1) is 0 Å². The molecule has 0 radical (unpaired) electrons. The van der Waals surface area contributed by atoms with Gasteiger partial charge in [-0.3, -0.25) is 9.36 Å². The van der Waals surface area contributed by atoms with E-state index in [-0.39, 0.29) is 11.1 Å². The van der Waals surface area contributed by atoms with Crippen LogP contribution in [0.15, 0.2) is 94.4 Å². The first kappa shape index (κ1) is 33.8. The summed E-state index contributed by atoms with van der Waals surface area (Å²) in [5, 5.41) is 0.670. The second kappa shape index (κ2) is 14.6. The first-order chi connectivity index (χ1) is 23.7. The number of ether oxygens (including phenoxy) is 4. The molecule has 0 aliphatic carbocycles. The second-order valence-corrected chi connectivity index (χ2v) is 12.7.